The van der Waals surface area contributed by atoms with Crippen molar-refractivity contribution in [1.82, 2.24) is 4.98 Å². The van der Waals surface area contributed by atoms with E-state index in [-0.39, 0.29) is 0 Å². The first-order valence-electron chi connectivity index (χ1n) is 4.50. The molecule has 1 N–H and O–H groups in total. The molecule has 15 heavy (non-hydrogen) atoms. The minimum absolute atomic E-state index is 0.589. The molecule has 0 aliphatic carbocycles. The lowest BCUT2D eigenvalue weighted by Gasteiger charge is -2.03. The van der Waals surface area contributed by atoms with Gasteiger partial charge in [-0.25, -0.2) is 4.98 Å². The molecule has 0 fully saturated rings. The minimum Gasteiger partial charge on any atom is -0.447 e. The molecule has 74 valence electrons. The standard InChI is InChI=1S/C11H9N3O/c12-5-9-1-3-10(4-2-9)14-7-11-6-13-8-15-11/h1-4,6,8,14H,7H2. The van der Waals surface area contributed by atoms with Gasteiger partial charge >= 0.3 is 0 Å². The van der Waals surface area contributed by atoms with Gasteiger partial charge in [0, 0.05) is 5.69 Å². The highest BCUT2D eigenvalue weighted by Gasteiger charge is 1.96. The van der Waals surface area contributed by atoms with Crippen LogP contribution in [0.15, 0.2) is 41.3 Å². The summed E-state index contributed by atoms with van der Waals surface area (Å²) in [5, 5.41) is 11.8. The van der Waals surface area contributed by atoms with Gasteiger partial charge in [0.25, 0.3) is 0 Å². The van der Waals surface area contributed by atoms with Gasteiger partial charge in [0.1, 0.15) is 5.76 Å². The number of benzene rings is 1. The highest BCUT2D eigenvalue weighted by molar-refractivity contribution is 5.47. The Kier molecular flexibility index (Phi) is 2.65. The van der Waals surface area contributed by atoms with Crippen molar-refractivity contribution >= 4 is 5.69 Å². The van der Waals surface area contributed by atoms with Gasteiger partial charge in [-0.05, 0) is 24.3 Å². The Labute approximate surface area is 87.2 Å². The third kappa shape index (κ3) is 2.35. The molecule has 1 aromatic carbocycles. The Bertz CT molecular complexity index is 454. The van der Waals surface area contributed by atoms with E-state index in [4.69, 9.17) is 9.68 Å². The van der Waals surface area contributed by atoms with Crippen LogP contribution in [-0.4, -0.2) is 4.98 Å². The summed E-state index contributed by atoms with van der Waals surface area (Å²) < 4.78 is 5.07. The lowest BCUT2D eigenvalue weighted by atomic mass is 10.2. The first kappa shape index (κ1) is 9.28. The average molecular weight is 199 g/mol. The number of hydrogen-bond donors (Lipinski definition) is 1. The van der Waals surface area contributed by atoms with E-state index in [0.717, 1.165) is 11.4 Å². The quantitative estimate of drug-likeness (QED) is 0.822. The highest BCUT2D eigenvalue weighted by Crippen LogP contribution is 2.10. The Morgan fingerprint density at radius 1 is 1.33 bits per heavy atom. The molecule has 0 unspecified atom stereocenters. The molecular formula is C11H9N3O. The van der Waals surface area contributed by atoms with Gasteiger partial charge < -0.3 is 9.73 Å². The predicted octanol–water partition coefficient (Wildman–Crippen LogP) is 2.16. The van der Waals surface area contributed by atoms with Crippen molar-refractivity contribution in [2.45, 2.75) is 6.54 Å². The summed E-state index contributed by atoms with van der Waals surface area (Å²) in [6, 6.07) is 9.31. The zero-order valence-electron chi connectivity index (χ0n) is 7.97. The number of rotatable bonds is 3. The van der Waals surface area contributed by atoms with E-state index in [1.807, 2.05) is 12.1 Å². The Balaban J connectivity index is 1.97. The minimum atomic E-state index is 0.589. The van der Waals surface area contributed by atoms with E-state index in [2.05, 4.69) is 16.4 Å². The molecule has 0 aliphatic rings. The van der Waals surface area contributed by atoms with Crippen molar-refractivity contribution < 1.29 is 4.42 Å². The molecule has 2 rings (SSSR count). The van der Waals surface area contributed by atoms with Crippen LogP contribution in [0.4, 0.5) is 5.69 Å². The molecule has 0 aliphatic heterocycles. The lowest BCUT2D eigenvalue weighted by Crippen LogP contribution is -1.97. The molecule has 1 aromatic heterocycles. The summed E-state index contributed by atoms with van der Waals surface area (Å²) in [5.41, 5.74) is 1.60. The summed E-state index contributed by atoms with van der Waals surface area (Å²) in [6.45, 7) is 0.589. The summed E-state index contributed by atoms with van der Waals surface area (Å²) >= 11 is 0. The highest BCUT2D eigenvalue weighted by atomic mass is 16.3. The Hall–Kier alpha value is -2.28. The molecule has 4 heteroatoms. The van der Waals surface area contributed by atoms with Crippen molar-refractivity contribution in [2.75, 3.05) is 5.32 Å². The zero-order valence-corrected chi connectivity index (χ0v) is 7.97. The maximum atomic E-state index is 8.61. The maximum absolute atomic E-state index is 8.61. The maximum Gasteiger partial charge on any atom is 0.180 e. The second kappa shape index (κ2) is 4.29. The summed E-state index contributed by atoms with van der Waals surface area (Å²) in [6.07, 6.45) is 3.06. The normalized spacial score (nSPS) is 9.53. The molecule has 0 saturated heterocycles. The van der Waals surface area contributed by atoms with Crippen LogP contribution in [-0.2, 0) is 6.54 Å². The number of oxazole rings is 1. The van der Waals surface area contributed by atoms with Crippen LogP contribution < -0.4 is 5.32 Å². The smallest absolute Gasteiger partial charge is 0.180 e. The van der Waals surface area contributed by atoms with Crippen LogP contribution in [0, 0.1) is 11.3 Å². The molecule has 0 saturated carbocycles. The number of anilines is 1. The summed E-state index contributed by atoms with van der Waals surface area (Å²) in [7, 11) is 0. The molecule has 0 radical (unpaired) electrons. The Morgan fingerprint density at radius 2 is 2.13 bits per heavy atom. The van der Waals surface area contributed by atoms with Crippen molar-refractivity contribution in [3.8, 4) is 6.07 Å². The molecular weight excluding hydrogens is 190 g/mol. The zero-order chi connectivity index (χ0) is 10.5. The Morgan fingerprint density at radius 3 is 2.73 bits per heavy atom. The number of nitrogens with one attached hydrogen (secondary N) is 1. The monoisotopic (exact) mass is 199 g/mol. The van der Waals surface area contributed by atoms with Gasteiger partial charge in [0.05, 0.1) is 24.4 Å². The van der Waals surface area contributed by atoms with Crippen molar-refractivity contribution in [3.63, 3.8) is 0 Å². The fraction of sp³-hybridized carbons (Fsp3) is 0.0909. The van der Waals surface area contributed by atoms with Crippen molar-refractivity contribution in [3.05, 3.63) is 48.2 Å². The van der Waals surface area contributed by atoms with E-state index < -0.39 is 0 Å². The molecule has 0 bridgehead atoms. The second-order valence-corrected chi connectivity index (χ2v) is 3.01. The first-order chi connectivity index (χ1) is 7.38. The van der Waals surface area contributed by atoms with Crippen LogP contribution in [0.3, 0.4) is 0 Å². The second-order valence-electron chi connectivity index (χ2n) is 3.01. The first-order valence-corrected chi connectivity index (χ1v) is 4.50. The average Bonchev–Trinajstić information content (AvgIpc) is 2.80. The van der Waals surface area contributed by atoms with Gasteiger partial charge in [-0.3, -0.25) is 0 Å². The number of nitriles is 1. The molecule has 2 aromatic rings. The fourth-order valence-corrected chi connectivity index (χ4v) is 1.18. The number of hydrogen-bond acceptors (Lipinski definition) is 4. The number of nitrogens with zero attached hydrogens (tertiary/aromatic N) is 2. The van der Waals surface area contributed by atoms with Crippen LogP contribution in [0.2, 0.25) is 0 Å². The van der Waals surface area contributed by atoms with E-state index in [1.165, 1.54) is 6.39 Å². The summed E-state index contributed by atoms with van der Waals surface area (Å²) in [5.74, 6) is 0.777. The molecule has 0 atom stereocenters. The number of aromatic nitrogens is 1. The van der Waals surface area contributed by atoms with Crippen molar-refractivity contribution in [1.29, 1.82) is 5.26 Å². The topological polar surface area (TPSA) is 61.9 Å². The van der Waals surface area contributed by atoms with E-state index >= 15 is 0 Å². The van der Waals surface area contributed by atoms with Gasteiger partial charge in [-0.1, -0.05) is 0 Å². The van der Waals surface area contributed by atoms with Gasteiger partial charge in [-0.2, -0.15) is 5.26 Å². The third-order valence-corrected chi connectivity index (χ3v) is 1.96. The van der Waals surface area contributed by atoms with E-state index in [0.29, 0.717) is 12.1 Å². The van der Waals surface area contributed by atoms with Gasteiger partial charge in [0.15, 0.2) is 6.39 Å². The predicted molar refractivity (Wildman–Crippen MR) is 55.0 cm³/mol. The molecule has 4 nitrogen and oxygen atoms in total. The van der Waals surface area contributed by atoms with Crippen LogP contribution >= 0.6 is 0 Å². The molecule has 0 amide bonds. The fourth-order valence-electron chi connectivity index (χ4n) is 1.18. The molecule has 0 spiro atoms. The van der Waals surface area contributed by atoms with E-state index in [9.17, 15) is 0 Å². The SMILES string of the molecule is N#Cc1ccc(NCc2cnco2)cc1. The van der Waals surface area contributed by atoms with E-state index in [1.54, 1.807) is 18.3 Å². The van der Waals surface area contributed by atoms with Crippen LogP contribution in [0.5, 0.6) is 0 Å². The third-order valence-electron chi connectivity index (χ3n) is 1.96. The van der Waals surface area contributed by atoms with Gasteiger partial charge in [-0.15, -0.1) is 0 Å². The van der Waals surface area contributed by atoms with Crippen molar-refractivity contribution in [2.24, 2.45) is 0 Å². The largest absolute Gasteiger partial charge is 0.447 e. The van der Waals surface area contributed by atoms with Gasteiger partial charge in [0.2, 0.25) is 0 Å². The molecule has 1 heterocycles. The van der Waals surface area contributed by atoms with Crippen LogP contribution in [0.25, 0.3) is 0 Å². The van der Waals surface area contributed by atoms with Crippen LogP contribution in [0.1, 0.15) is 11.3 Å². The summed E-state index contributed by atoms with van der Waals surface area (Å²) in [4.78, 5) is 3.81. The lowest BCUT2D eigenvalue weighted by molar-refractivity contribution is 0.512.